The first kappa shape index (κ1) is 14.1. The number of aryl methyl sites for hydroxylation is 1. The SMILES string of the molecule is Cn1cc(CNC(=O)Cc2ccn[nH]2)c(-c2ccccc2)n1. The molecule has 0 bridgehead atoms. The number of benzene rings is 1. The maximum Gasteiger partial charge on any atom is 0.226 e. The Morgan fingerprint density at radius 3 is 2.82 bits per heavy atom. The van der Waals surface area contributed by atoms with Crippen molar-refractivity contribution in [3.05, 3.63) is 60.0 Å². The van der Waals surface area contributed by atoms with Gasteiger partial charge in [0.15, 0.2) is 0 Å². The lowest BCUT2D eigenvalue weighted by molar-refractivity contribution is -0.120. The lowest BCUT2D eigenvalue weighted by Crippen LogP contribution is -2.24. The summed E-state index contributed by atoms with van der Waals surface area (Å²) >= 11 is 0. The standard InChI is InChI=1S/C16H17N5O/c1-21-11-13(16(20-21)12-5-3-2-4-6-12)10-17-15(22)9-14-7-8-18-19-14/h2-8,11H,9-10H2,1H3,(H,17,22)(H,18,19). The van der Waals surface area contributed by atoms with E-state index in [2.05, 4.69) is 20.6 Å². The minimum atomic E-state index is -0.0490. The molecule has 0 atom stereocenters. The molecule has 0 fully saturated rings. The fraction of sp³-hybridized carbons (Fsp3) is 0.188. The number of aromatic nitrogens is 4. The van der Waals surface area contributed by atoms with Crippen LogP contribution in [0, 0.1) is 0 Å². The minimum Gasteiger partial charge on any atom is -0.352 e. The molecule has 0 saturated heterocycles. The van der Waals surface area contributed by atoms with Gasteiger partial charge in [-0.25, -0.2) is 0 Å². The molecule has 2 N–H and O–H groups in total. The molecule has 2 aromatic heterocycles. The molecule has 112 valence electrons. The van der Waals surface area contributed by atoms with Crippen LogP contribution in [0.5, 0.6) is 0 Å². The smallest absolute Gasteiger partial charge is 0.226 e. The summed E-state index contributed by atoms with van der Waals surface area (Å²) < 4.78 is 1.76. The lowest BCUT2D eigenvalue weighted by atomic mass is 10.1. The highest BCUT2D eigenvalue weighted by Crippen LogP contribution is 2.21. The summed E-state index contributed by atoms with van der Waals surface area (Å²) in [4.78, 5) is 12.0. The number of nitrogens with zero attached hydrogens (tertiary/aromatic N) is 3. The van der Waals surface area contributed by atoms with Crippen molar-refractivity contribution in [2.75, 3.05) is 0 Å². The van der Waals surface area contributed by atoms with Crippen LogP contribution in [0.2, 0.25) is 0 Å². The largest absolute Gasteiger partial charge is 0.352 e. The Morgan fingerprint density at radius 1 is 1.27 bits per heavy atom. The van der Waals surface area contributed by atoms with Crippen molar-refractivity contribution in [2.24, 2.45) is 7.05 Å². The second-order valence-corrected chi connectivity index (χ2v) is 5.08. The third-order valence-corrected chi connectivity index (χ3v) is 3.34. The van der Waals surface area contributed by atoms with Crippen molar-refractivity contribution >= 4 is 5.91 Å². The number of rotatable bonds is 5. The maximum atomic E-state index is 12.0. The second-order valence-electron chi connectivity index (χ2n) is 5.08. The van der Waals surface area contributed by atoms with Gasteiger partial charge in [-0.3, -0.25) is 14.6 Å². The summed E-state index contributed by atoms with van der Waals surface area (Å²) in [5, 5.41) is 14.0. The number of carbonyl (C=O) groups is 1. The first-order chi connectivity index (χ1) is 10.7. The van der Waals surface area contributed by atoms with Gasteiger partial charge in [0.1, 0.15) is 0 Å². The first-order valence-corrected chi connectivity index (χ1v) is 7.05. The summed E-state index contributed by atoms with van der Waals surface area (Å²) in [6.45, 7) is 0.449. The van der Waals surface area contributed by atoms with Crippen LogP contribution in [0.15, 0.2) is 48.8 Å². The van der Waals surface area contributed by atoms with Crippen LogP contribution in [0.1, 0.15) is 11.3 Å². The second kappa shape index (κ2) is 6.26. The minimum absolute atomic E-state index is 0.0490. The lowest BCUT2D eigenvalue weighted by Gasteiger charge is -2.05. The van der Waals surface area contributed by atoms with Gasteiger partial charge >= 0.3 is 0 Å². The van der Waals surface area contributed by atoms with Gasteiger partial charge in [-0.2, -0.15) is 10.2 Å². The molecule has 0 aliphatic carbocycles. The summed E-state index contributed by atoms with van der Waals surface area (Å²) in [6.07, 6.45) is 3.86. The fourth-order valence-electron chi connectivity index (χ4n) is 2.32. The Kier molecular flexibility index (Phi) is 4.00. The molecular weight excluding hydrogens is 278 g/mol. The molecule has 0 aliphatic heterocycles. The Bertz CT molecular complexity index is 746. The molecular formula is C16H17N5O. The number of H-pyrrole nitrogens is 1. The molecule has 1 aromatic carbocycles. The van der Waals surface area contributed by atoms with E-state index in [1.807, 2.05) is 43.6 Å². The number of nitrogens with one attached hydrogen (secondary N) is 2. The van der Waals surface area contributed by atoms with Crippen LogP contribution in [0.25, 0.3) is 11.3 Å². The van der Waals surface area contributed by atoms with E-state index in [1.165, 1.54) is 0 Å². The molecule has 0 radical (unpaired) electrons. The fourth-order valence-corrected chi connectivity index (χ4v) is 2.32. The van der Waals surface area contributed by atoms with Crippen molar-refractivity contribution in [1.82, 2.24) is 25.3 Å². The molecule has 3 rings (SSSR count). The van der Waals surface area contributed by atoms with Gasteiger partial charge in [0.25, 0.3) is 0 Å². The molecule has 0 aliphatic rings. The van der Waals surface area contributed by atoms with E-state index >= 15 is 0 Å². The van der Waals surface area contributed by atoms with Crippen LogP contribution in [-0.2, 0) is 24.8 Å². The number of hydrogen-bond acceptors (Lipinski definition) is 3. The third kappa shape index (κ3) is 3.22. The highest BCUT2D eigenvalue weighted by atomic mass is 16.1. The first-order valence-electron chi connectivity index (χ1n) is 7.05. The molecule has 2 heterocycles. The highest BCUT2D eigenvalue weighted by molar-refractivity contribution is 5.78. The number of aromatic amines is 1. The zero-order valence-corrected chi connectivity index (χ0v) is 12.3. The molecule has 3 aromatic rings. The van der Waals surface area contributed by atoms with Crippen molar-refractivity contribution in [2.45, 2.75) is 13.0 Å². The van der Waals surface area contributed by atoms with Gasteiger partial charge in [-0.15, -0.1) is 0 Å². The van der Waals surface area contributed by atoms with E-state index in [0.29, 0.717) is 13.0 Å². The molecule has 0 unspecified atom stereocenters. The van der Waals surface area contributed by atoms with Crippen molar-refractivity contribution < 1.29 is 4.79 Å². The van der Waals surface area contributed by atoms with Gasteiger partial charge in [-0.1, -0.05) is 30.3 Å². The van der Waals surface area contributed by atoms with E-state index in [4.69, 9.17) is 0 Å². The maximum absolute atomic E-state index is 12.0. The zero-order valence-electron chi connectivity index (χ0n) is 12.3. The predicted octanol–water partition coefficient (Wildman–Crippen LogP) is 1.67. The highest BCUT2D eigenvalue weighted by Gasteiger charge is 2.11. The van der Waals surface area contributed by atoms with E-state index in [-0.39, 0.29) is 5.91 Å². The van der Waals surface area contributed by atoms with Crippen LogP contribution < -0.4 is 5.32 Å². The molecule has 0 spiro atoms. The molecule has 6 nitrogen and oxygen atoms in total. The summed E-state index contributed by atoms with van der Waals surface area (Å²) in [7, 11) is 1.88. The van der Waals surface area contributed by atoms with Crippen molar-refractivity contribution in [1.29, 1.82) is 0 Å². The average molecular weight is 295 g/mol. The molecule has 6 heteroatoms. The van der Waals surface area contributed by atoms with Crippen molar-refractivity contribution in [3.63, 3.8) is 0 Å². The average Bonchev–Trinajstić information content (AvgIpc) is 3.15. The van der Waals surface area contributed by atoms with E-state index < -0.39 is 0 Å². The zero-order chi connectivity index (χ0) is 15.4. The monoisotopic (exact) mass is 295 g/mol. The van der Waals surface area contributed by atoms with Gasteiger partial charge in [0.2, 0.25) is 5.91 Å². The Labute approximate surface area is 128 Å². The molecule has 0 saturated carbocycles. The Hall–Kier alpha value is -2.89. The van der Waals surface area contributed by atoms with Crippen molar-refractivity contribution in [3.8, 4) is 11.3 Å². The topological polar surface area (TPSA) is 75.6 Å². The van der Waals surface area contributed by atoms with Crippen LogP contribution in [0.4, 0.5) is 0 Å². The van der Waals surface area contributed by atoms with Gasteiger partial charge in [-0.05, 0) is 6.07 Å². The third-order valence-electron chi connectivity index (χ3n) is 3.34. The number of carbonyl (C=O) groups excluding carboxylic acids is 1. The van der Waals surface area contributed by atoms with E-state index in [0.717, 1.165) is 22.5 Å². The Morgan fingerprint density at radius 2 is 2.09 bits per heavy atom. The summed E-state index contributed by atoms with van der Waals surface area (Å²) in [5.41, 5.74) is 3.73. The molecule has 1 amide bonds. The Balaban J connectivity index is 1.69. The predicted molar refractivity (Wildman–Crippen MR) is 82.8 cm³/mol. The van der Waals surface area contributed by atoms with E-state index in [1.54, 1.807) is 16.9 Å². The van der Waals surface area contributed by atoms with Crippen LogP contribution in [-0.4, -0.2) is 25.9 Å². The quantitative estimate of drug-likeness (QED) is 0.752. The van der Waals surface area contributed by atoms with E-state index in [9.17, 15) is 4.79 Å². The number of hydrogen-bond donors (Lipinski definition) is 2. The van der Waals surface area contributed by atoms with Crippen LogP contribution >= 0.6 is 0 Å². The van der Waals surface area contributed by atoms with Gasteiger partial charge in [0, 0.05) is 42.8 Å². The van der Waals surface area contributed by atoms with Gasteiger partial charge < -0.3 is 5.32 Å². The number of amides is 1. The summed E-state index contributed by atoms with van der Waals surface area (Å²) in [5.74, 6) is -0.0490. The van der Waals surface area contributed by atoms with Gasteiger partial charge in [0.05, 0.1) is 12.1 Å². The molecule has 22 heavy (non-hydrogen) atoms. The summed E-state index contributed by atoms with van der Waals surface area (Å²) in [6, 6.07) is 11.7. The van der Waals surface area contributed by atoms with Crippen LogP contribution in [0.3, 0.4) is 0 Å². The normalized spacial score (nSPS) is 10.6.